The average molecular weight is 200 g/mol. The average Bonchev–Trinajstić information content (AvgIpc) is 2.67. The molecule has 0 amide bonds. The molecule has 66 valence electrons. The predicted molar refractivity (Wildman–Crippen MR) is 57.7 cm³/mol. The van der Waals surface area contributed by atoms with E-state index in [2.05, 4.69) is 20.0 Å². The minimum Gasteiger partial charge on any atom is -0.244 e. The number of nitrogens with zero attached hydrogens (tertiary/aromatic N) is 4. The van der Waals surface area contributed by atoms with Crippen LogP contribution in [0.2, 0.25) is 0 Å². The minimum atomic E-state index is 0.684. The number of hydrogen-bond donors (Lipinski definition) is 0. The van der Waals surface area contributed by atoms with Crippen LogP contribution in [0.25, 0.3) is 11.8 Å². The van der Waals surface area contributed by atoms with Crippen molar-refractivity contribution in [1.29, 1.82) is 0 Å². The molecule has 1 aromatic heterocycles. The predicted octanol–water partition coefficient (Wildman–Crippen LogP) is -0.768. The Morgan fingerprint density at radius 2 is 2.21 bits per heavy atom. The molecule has 0 atom stereocenters. The van der Waals surface area contributed by atoms with Crippen LogP contribution in [-0.2, 0) is 0 Å². The van der Waals surface area contributed by atoms with Crippen molar-refractivity contribution in [3.8, 4) is 0 Å². The van der Waals surface area contributed by atoms with Crippen LogP contribution in [0.1, 0.15) is 0 Å². The van der Waals surface area contributed by atoms with Crippen molar-refractivity contribution in [2.45, 2.75) is 0 Å². The maximum atomic E-state index is 5.17. The third-order valence-corrected chi connectivity index (χ3v) is 2.41. The molecule has 14 heavy (non-hydrogen) atoms. The van der Waals surface area contributed by atoms with Crippen molar-refractivity contribution in [3.05, 3.63) is 23.1 Å². The third-order valence-electron chi connectivity index (χ3n) is 2.10. The Morgan fingerprint density at radius 1 is 1.29 bits per heavy atom. The second-order valence-corrected chi connectivity index (χ2v) is 3.34. The monoisotopic (exact) mass is 200 g/mol. The highest BCUT2D eigenvalue weighted by Crippen LogP contribution is 2.09. The molecule has 0 saturated heterocycles. The summed E-state index contributed by atoms with van der Waals surface area (Å²) in [5.74, 6) is 0. The molecular formula is C9H4N4S. The number of fused-ring (bicyclic) bond motifs is 2. The van der Waals surface area contributed by atoms with Gasteiger partial charge in [0.15, 0.2) is 0 Å². The lowest BCUT2D eigenvalue weighted by Gasteiger charge is -2.04. The summed E-state index contributed by atoms with van der Waals surface area (Å²) in [6.45, 7) is 0. The van der Waals surface area contributed by atoms with Crippen LogP contribution < -0.4 is 10.6 Å². The molecule has 0 fully saturated rings. The van der Waals surface area contributed by atoms with Gasteiger partial charge in [-0.2, -0.15) is 0 Å². The van der Waals surface area contributed by atoms with Crippen LogP contribution in [-0.4, -0.2) is 26.9 Å². The summed E-state index contributed by atoms with van der Waals surface area (Å²) in [5, 5.41) is 1.71. The first-order chi connectivity index (χ1) is 6.86. The first-order valence-electron chi connectivity index (χ1n) is 4.03. The lowest BCUT2D eigenvalue weighted by atomic mass is 10.1. The summed E-state index contributed by atoms with van der Waals surface area (Å²) in [6, 6.07) is 0. The number of aromatic nitrogens is 2. The molecule has 1 aliphatic carbocycles. The fourth-order valence-electron chi connectivity index (χ4n) is 1.47. The van der Waals surface area contributed by atoms with E-state index >= 15 is 0 Å². The van der Waals surface area contributed by atoms with Crippen molar-refractivity contribution < 1.29 is 0 Å². The van der Waals surface area contributed by atoms with Crippen LogP contribution >= 0.6 is 12.2 Å². The van der Waals surface area contributed by atoms with E-state index in [0.29, 0.717) is 4.86 Å². The zero-order valence-corrected chi connectivity index (χ0v) is 7.82. The fourth-order valence-corrected chi connectivity index (χ4v) is 1.73. The molecule has 1 aromatic rings. The maximum Gasteiger partial charge on any atom is 0.117 e. The van der Waals surface area contributed by atoms with Gasteiger partial charge in [0.25, 0.3) is 0 Å². The Hall–Kier alpha value is -1.75. The molecule has 2 aliphatic rings. The van der Waals surface area contributed by atoms with Crippen molar-refractivity contribution in [2.24, 2.45) is 9.98 Å². The van der Waals surface area contributed by atoms with Gasteiger partial charge >= 0.3 is 0 Å². The van der Waals surface area contributed by atoms with Crippen LogP contribution in [0.4, 0.5) is 0 Å². The van der Waals surface area contributed by atoms with Crippen LogP contribution in [0.3, 0.4) is 0 Å². The van der Waals surface area contributed by atoms with E-state index in [9.17, 15) is 0 Å². The number of aliphatic imine (C=N–C) groups is 2. The highest BCUT2D eigenvalue weighted by Gasteiger charge is 2.18. The molecule has 0 radical (unpaired) electrons. The highest BCUT2D eigenvalue weighted by atomic mass is 32.1. The zero-order valence-electron chi connectivity index (χ0n) is 7.01. The largest absolute Gasteiger partial charge is 0.244 e. The molecule has 0 spiro atoms. The molecule has 3 rings (SSSR count). The normalized spacial score (nSPS) is 17.3. The van der Waals surface area contributed by atoms with E-state index < -0.39 is 0 Å². The van der Waals surface area contributed by atoms with Gasteiger partial charge in [-0.05, 0) is 6.08 Å². The van der Waals surface area contributed by atoms with Gasteiger partial charge in [-0.3, -0.25) is 0 Å². The molecule has 0 aromatic carbocycles. The summed E-state index contributed by atoms with van der Waals surface area (Å²) in [6.07, 6.45) is 6.56. The number of thiocarbonyl (C=S) groups is 1. The lowest BCUT2D eigenvalue weighted by molar-refractivity contribution is 1.10. The molecule has 0 saturated carbocycles. The summed E-state index contributed by atoms with van der Waals surface area (Å²) in [7, 11) is 0. The summed E-state index contributed by atoms with van der Waals surface area (Å²) < 4.78 is 0. The smallest absolute Gasteiger partial charge is 0.117 e. The van der Waals surface area contributed by atoms with Gasteiger partial charge in [0.05, 0.1) is 10.2 Å². The van der Waals surface area contributed by atoms with Crippen LogP contribution in [0, 0.1) is 0 Å². The first-order valence-corrected chi connectivity index (χ1v) is 4.44. The Morgan fingerprint density at radius 3 is 3.14 bits per heavy atom. The molecule has 0 unspecified atom stereocenters. The molecule has 0 bridgehead atoms. The Bertz CT molecular complexity index is 612. The number of rotatable bonds is 0. The fraction of sp³-hybridized carbons (Fsp3) is 0. The number of hydrogen-bond acceptors (Lipinski definition) is 5. The van der Waals surface area contributed by atoms with Gasteiger partial charge < -0.3 is 0 Å². The molecule has 2 heterocycles. The van der Waals surface area contributed by atoms with E-state index in [1.807, 2.05) is 6.08 Å². The van der Waals surface area contributed by atoms with Gasteiger partial charge in [0.2, 0.25) is 0 Å². The summed E-state index contributed by atoms with van der Waals surface area (Å²) >= 11 is 5.17. The Kier molecular flexibility index (Phi) is 1.43. The van der Waals surface area contributed by atoms with Gasteiger partial charge in [0.1, 0.15) is 24.1 Å². The topological polar surface area (TPSA) is 50.5 Å². The molecular weight excluding hydrogens is 196 g/mol. The van der Waals surface area contributed by atoms with Gasteiger partial charge in [0, 0.05) is 11.4 Å². The van der Waals surface area contributed by atoms with Gasteiger partial charge in [-0.1, -0.05) is 12.2 Å². The van der Waals surface area contributed by atoms with E-state index in [4.69, 9.17) is 12.2 Å². The van der Waals surface area contributed by atoms with Crippen molar-refractivity contribution in [3.63, 3.8) is 0 Å². The first kappa shape index (κ1) is 7.64. The van der Waals surface area contributed by atoms with Crippen molar-refractivity contribution >= 4 is 40.9 Å². The Balaban J connectivity index is 2.57. The molecule has 0 N–H and O–H groups in total. The highest BCUT2D eigenvalue weighted by molar-refractivity contribution is 7.83. The van der Waals surface area contributed by atoms with Crippen molar-refractivity contribution in [1.82, 2.24) is 9.97 Å². The van der Waals surface area contributed by atoms with Gasteiger partial charge in [-0.15, -0.1) is 0 Å². The standard InChI is InChI=1S/C9H4N4S/c14-7-1-6-5(2-10-3-11-6)8-9(7)13-4-12-8/h1-4H. The van der Waals surface area contributed by atoms with Crippen LogP contribution in [0.15, 0.2) is 22.5 Å². The van der Waals surface area contributed by atoms with Crippen LogP contribution in [0.5, 0.6) is 0 Å². The van der Waals surface area contributed by atoms with Gasteiger partial charge in [-0.25, -0.2) is 20.0 Å². The maximum absolute atomic E-state index is 5.17. The van der Waals surface area contributed by atoms with E-state index in [0.717, 1.165) is 22.0 Å². The van der Waals surface area contributed by atoms with E-state index in [1.54, 1.807) is 6.20 Å². The second kappa shape index (κ2) is 2.62. The third kappa shape index (κ3) is 0.898. The Labute approximate surface area is 84.5 Å². The van der Waals surface area contributed by atoms with E-state index in [-0.39, 0.29) is 0 Å². The van der Waals surface area contributed by atoms with E-state index in [1.165, 1.54) is 12.7 Å². The van der Waals surface area contributed by atoms with Crippen molar-refractivity contribution in [2.75, 3.05) is 0 Å². The molecule has 4 nitrogen and oxygen atoms in total. The lowest BCUT2D eigenvalue weighted by Crippen LogP contribution is -2.38. The summed E-state index contributed by atoms with van der Waals surface area (Å²) in [5.41, 5.74) is 1.54. The molecule has 1 aliphatic heterocycles. The second-order valence-electron chi connectivity index (χ2n) is 2.90. The zero-order chi connectivity index (χ0) is 9.54. The summed E-state index contributed by atoms with van der Waals surface area (Å²) in [4.78, 5) is 17.0. The quantitative estimate of drug-likeness (QED) is 0.517. The molecule has 5 heteroatoms. The minimum absolute atomic E-state index is 0.684. The SMILES string of the molecule is S=C1C=c2ncncc2=C2N=CN=C12.